The molecule has 1 heterocycles. The highest BCUT2D eigenvalue weighted by Gasteiger charge is 2.27. The SMILES string of the molecule is C=C(/C=C\C=C(/C)C1C(=C)/C=C\C=C(\c2ccc(C(C)(C)C)cc2CC)C2=C(CC=C2)c2[nH]ccc21)c1ccc(C(C)(C)C)cc1C. The molecule has 0 radical (unpaired) electrons. The molecule has 0 saturated heterocycles. The van der Waals surface area contributed by atoms with Gasteiger partial charge in [0, 0.05) is 17.8 Å². The minimum absolute atomic E-state index is 0.0554. The van der Waals surface area contributed by atoms with Crippen LogP contribution in [0.1, 0.15) is 112 Å². The molecule has 0 spiro atoms. The summed E-state index contributed by atoms with van der Waals surface area (Å²) >= 11 is 0. The third-order valence-electron chi connectivity index (χ3n) is 9.75. The average molecular weight is 620 g/mol. The molecule has 1 heteroatoms. The Bertz CT molecular complexity index is 1890. The van der Waals surface area contributed by atoms with E-state index >= 15 is 0 Å². The molecule has 0 aliphatic heterocycles. The van der Waals surface area contributed by atoms with Crippen LogP contribution >= 0.6 is 0 Å². The fraction of sp³-hybridized carbons (Fsp3) is 0.304. The Balaban J connectivity index is 1.51. The molecule has 2 aliphatic carbocycles. The first kappa shape index (κ1) is 34.0. The second-order valence-electron chi connectivity index (χ2n) is 15.3. The lowest BCUT2D eigenvalue weighted by Gasteiger charge is -2.24. The van der Waals surface area contributed by atoms with Crippen molar-refractivity contribution in [2.75, 3.05) is 0 Å². The Morgan fingerprint density at radius 2 is 1.66 bits per heavy atom. The Morgan fingerprint density at radius 1 is 0.957 bits per heavy atom. The van der Waals surface area contributed by atoms with E-state index in [1.165, 1.54) is 66.9 Å². The van der Waals surface area contributed by atoms with Crippen LogP contribution in [0.25, 0.3) is 16.7 Å². The Morgan fingerprint density at radius 3 is 2.34 bits per heavy atom. The van der Waals surface area contributed by atoms with E-state index < -0.39 is 0 Å². The number of aryl methyl sites for hydroxylation is 2. The number of rotatable bonds is 6. The fourth-order valence-corrected chi connectivity index (χ4v) is 6.91. The highest BCUT2D eigenvalue weighted by Crippen LogP contribution is 2.44. The molecule has 1 nitrogen and oxygen atoms in total. The number of nitrogens with one attached hydrogen (secondary N) is 1. The van der Waals surface area contributed by atoms with Gasteiger partial charge in [-0.15, -0.1) is 0 Å². The van der Waals surface area contributed by atoms with Crippen LogP contribution in [0.15, 0.2) is 127 Å². The molecule has 1 aromatic heterocycles. The summed E-state index contributed by atoms with van der Waals surface area (Å²) in [5.74, 6) is 0.0554. The minimum atomic E-state index is 0.0554. The second-order valence-corrected chi connectivity index (χ2v) is 15.3. The van der Waals surface area contributed by atoms with E-state index in [2.05, 4.69) is 178 Å². The molecule has 1 N–H and O–H groups in total. The molecule has 1 atom stereocenters. The molecular formula is C46H53N. The normalized spacial score (nSPS) is 19.1. The Hall–Kier alpha value is -4.36. The Labute approximate surface area is 284 Å². The largest absolute Gasteiger partial charge is 0.361 e. The molecule has 242 valence electrons. The summed E-state index contributed by atoms with van der Waals surface area (Å²) in [5, 5.41) is 0. The van der Waals surface area contributed by atoms with Gasteiger partial charge in [-0.2, -0.15) is 0 Å². The zero-order valence-electron chi connectivity index (χ0n) is 30.1. The van der Waals surface area contributed by atoms with Gasteiger partial charge in [-0.1, -0.05) is 152 Å². The third-order valence-corrected chi connectivity index (χ3v) is 9.75. The van der Waals surface area contributed by atoms with Crippen molar-refractivity contribution in [3.8, 4) is 0 Å². The van der Waals surface area contributed by atoms with E-state index in [1.807, 2.05) is 0 Å². The molecular weight excluding hydrogens is 567 g/mol. The first-order valence-corrected chi connectivity index (χ1v) is 17.1. The first-order valence-electron chi connectivity index (χ1n) is 17.1. The van der Waals surface area contributed by atoms with E-state index in [0.29, 0.717) is 0 Å². The van der Waals surface area contributed by atoms with Crippen molar-refractivity contribution >= 4 is 16.7 Å². The maximum absolute atomic E-state index is 4.61. The van der Waals surface area contributed by atoms with E-state index in [9.17, 15) is 0 Å². The monoisotopic (exact) mass is 619 g/mol. The molecule has 2 aliphatic rings. The standard InChI is InChI=1S/C46H53N/c1-12-34-29-36(46(9,10)11)23-25-38(34)39-19-14-18-32(4)43(42-26-27-47-44(42)41-21-15-20-40(39)41)31(3)17-13-16-30(2)37-24-22-35(28-33(37)5)45(6,7)8/h13-20,22-29,43,47H,2,4,12,21H2,1,3,5-11H3/b16-13-,18-14-,31-17+,39-19-. The van der Waals surface area contributed by atoms with Crippen LogP contribution in [-0.2, 0) is 17.3 Å². The first-order chi connectivity index (χ1) is 22.2. The zero-order valence-corrected chi connectivity index (χ0v) is 30.1. The molecule has 3 aromatic rings. The summed E-state index contributed by atoms with van der Waals surface area (Å²) in [7, 11) is 0. The summed E-state index contributed by atoms with van der Waals surface area (Å²) in [6.45, 7) is 29.3. The van der Waals surface area contributed by atoms with Crippen LogP contribution in [0, 0.1) is 6.92 Å². The highest BCUT2D eigenvalue weighted by atomic mass is 14.7. The summed E-state index contributed by atoms with van der Waals surface area (Å²) in [4.78, 5) is 3.65. The molecule has 0 saturated carbocycles. The van der Waals surface area contributed by atoms with Gasteiger partial charge in [-0.05, 0) is 110 Å². The lowest BCUT2D eigenvalue weighted by molar-refractivity contribution is 0.589. The molecule has 0 amide bonds. The summed E-state index contributed by atoms with van der Waals surface area (Å²) in [6.07, 6.45) is 21.8. The Kier molecular flexibility index (Phi) is 9.69. The van der Waals surface area contributed by atoms with Crippen molar-refractivity contribution in [1.29, 1.82) is 0 Å². The van der Waals surface area contributed by atoms with E-state index in [0.717, 1.165) is 24.0 Å². The lowest BCUT2D eigenvalue weighted by atomic mass is 9.80. The van der Waals surface area contributed by atoms with Crippen molar-refractivity contribution < 1.29 is 0 Å². The molecule has 0 bridgehead atoms. The number of allylic oxidation sites excluding steroid dienone is 14. The predicted octanol–water partition coefficient (Wildman–Crippen LogP) is 12.7. The van der Waals surface area contributed by atoms with Crippen LogP contribution in [0.4, 0.5) is 0 Å². The second kappa shape index (κ2) is 13.4. The van der Waals surface area contributed by atoms with Crippen LogP contribution in [0.5, 0.6) is 0 Å². The van der Waals surface area contributed by atoms with E-state index in [-0.39, 0.29) is 16.7 Å². The van der Waals surface area contributed by atoms with Crippen molar-refractivity contribution in [3.63, 3.8) is 0 Å². The molecule has 5 rings (SSSR count). The van der Waals surface area contributed by atoms with E-state index in [1.54, 1.807) is 0 Å². The summed E-state index contributed by atoms with van der Waals surface area (Å²) < 4.78 is 0. The molecule has 1 unspecified atom stereocenters. The lowest BCUT2D eigenvalue weighted by Crippen LogP contribution is -2.12. The van der Waals surface area contributed by atoms with Crippen molar-refractivity contribution in [3.05, 3.63) is 172 Å². The van der Waals surface area contributed by atoms with Crippen molar-refractivity contribution in [2.24, 2.45) is 0 Å². The molecule has 47 heavy (non-hydrogen) atoms. The fourth-order valence-electron chi connectivity index (χ4n) is 6.91. The van der Waals surface area contributed by atoms with Crippen LogP contribution < -0.4 is 0 Å². The topological polar surface area (TPSA) is 15.8 Å². The smallest absolute Gasteiger partial charge is 0.0464 e. The maximum atomic E-state index is 4.61. The summed E-state index contributed by atoms with van der Waals surface area (Å²) in [6, 6.07) is 16.0. The number of aromatic nitrogens is 1. The van der Waals surface area contributed by atoms with Gasteiger partial charge in [-0.3, -0.25) is 0 Å². The number of aromatic amines is 1. The van der Waals surface area contributed by atoms with Gasteiger partial charge in [0.05, 0.1) is 0 Å². The van der Waals surface area contributed by atoms with Gasteiger partial charge >= 0.3 is 0 Å². The van der Waals surface area contributed by atoms with Gasteiger partial charge in [-0.25, -0.2) is 0 Å². The number of hydrogen-bond acceptors (Lipinski definition) is 0. The zero-order chi connectivity index (χ0) is 34.1. The maximum Gasteiger partial charge on any atom is 0.0464 e. The average Bonchev–Trinajstić information content (AvgIpc) is 3.68. The summed E-state index contributed by atoms with van der Waals surface area (Å²) in [5.41, 5.74) is 17.8. The van der Waals surface area contributed by atoms with Crippen LogP contribution in [-0.4, -0.2) is 4.98 Å². The molecule has 0 fully saturated rings. The van der Waals surface area contributed by atoms with Gasteiger partial charge in [0.25, 0.3) is 0 Å². The van der Waals surface area contributed by atoms with Crippen molar-refractivity contribution in [2.45, 2.75) is 91.9 Å². The minimum Gasteiger partial charge on any atom is -0.361 e. The number of fused-ring (bicyclic) bond motifs is 2. The number of H-pyrrole nitrogens is 1. The highest BCUT2D eigenvalue weighted by molar-refractivity contribution is 5.95. The molecule has 2 aromatic carbocycles. The van der Waals surface area contributed by atoms with Gasteiger partial charge in [0.15, 0.2) is 0 Å². The number of hydrogen-bond donors (Lipinski definition) is 1. The van der Waals surface area contributed by atoms with Gasteiger partial charge in [0.1, 0.15) is 0 Å². The quantitative estimate of drug-likeness (QED) is 0.264. The third kappa shape index (κ3) is 7.15. The van der Waals surface area contributed by atoms with Crippen molar-refractivity contribution in [1.82, 2.24) is 4.98 Å². The van der Waals surface area contributed by atoms with Crippen LogP contribution in [0.3, 0.4) is 0 Å². The van der Waals surface area contributed by atoms with Gasteiger partial charge < -0.3 is 4.98 Å². The number of benzene rings is 2. The van der Waals surface area contributed by atoms with Gasteiger partial charge in [0.2, 0.25) is 0 Å². The van der Waals surface area contributed by atoms with Crippen LogP contribution in [0.2, 0.25) is 0 Å². The van der Waals surface area contributed by atoms with E-state index in [4.69, 9.17) is 0 Å². The predicted molar refractivity (Wildman–Crippen MR) is 207 cm³/mol.